The van der Waals surface area contributed by atoms with Crippen LogP contribution in [-0.2, 0) is 20.7 Å². The highest BCUT2D eigenvalue weighted by molar-refractivity contribution is 5.84. The van der Waals surface area contributed by atoms with Gasteiger partial charge in [-0.05, 0) is 44.2 Å². The number of benzene rings is 1. The minimum Gasteiger partial charge on any atom is -0.466 e. The van der Waals surface area contributed by atoms with Crippen molar-refractivity contribution in [1.82, 2.24) is 10.1 Å². The number of esters is 1. The van der Waals surface area contributed by atoms with Gasteiger partial charge in [0.2, 0.25) is 5.91 Å². The summed E-state index contributed by atoms with van der Waals surface area (Å²) in [5.41, 5.74) is -0.146. The molecule has 1 aliphatic heterocycles. The number of hydrogen-bond acceptors (Lipinski definition) is 5. The molecule has 1 saturated heterocycles. The molecule has 1 aromatic carbocycles. The maximum absolute atomic E-state index is 14.1. The van der Waals surface area contributed by atoms with E-state index in [1.807, 2.05) is 4.90 Å². The van der Waals surface area contributed by atoms with Crippen molar-refractivity contribution in [3.05, 3.63) is 41.9 Å². The summed E-state index contributed by atoms with van der Waals surface area (Å²) in [6.45, 7) is 5.08. The topological polar surface area (TPSA) is 72.6 Å². The second-order valence-corrected chi connectivity index (χ2v) is 8.52. The van der Waals surface area contributed by atoms with Crippen LogP contribution in [0.5, 0.6) is 0 Å². The summed E-state index contributed by atoms with van der Waals surface area (Å²) in [5, 5.41) is 4.00. The summed E-state index contributed by atoms with van der Waals surface area (Å²) in [6.07, 6.45) is 2.50. The van der Waals surface area contributed by atoms with Crippen LogP contribution >= 0.6 is 0 Å². The van der Waals surface area contributed by atoms with E-state index in [0.717, 1.165) is 12.8 Å². The molecule has 1 amide bonds. The van der Waals surface area contributed by atoms with E-state index < -0.39 is 5.41 Å². The molecule has 4 rings (SSSR count). The highest BCUT2D eigenvalue weighted by atomic mass is 19.1. The molecular formula is C23H27FN2O4. The standard InChI is InChI=1S/C23H27FN2O4/c1-3-29-22(28)23(9-6-10-26(14-23)21(27)18-11-15(18)2)13-16-12-20(25-30-16)17-7-4-5-8-19(17)24/h4-5,7-8,12,15,18H,3,6,9-11,13-14H2,1-2H3/t15-,18-,23-/m0/s1. The summed E-state index contributed by atoms with van der Waals surface area (Å²) < 4.78 is 25.0. The second kappa shape index (κ2) is 8.20. The zero-order chi connectivity index (χ0) is 21.3. The van der Waals surface area contributed by atoms with Crippen molar-refractivity contribution in [1.29, 1.82) is 0 Å². The molecule has 0 spiro atoms. The minimum atomic E-state index is -0.881. The third kappa shape index (κ3) is 3.98. The molecule has 2 aliphatic rings. The van der Waals surface area contributed by atoms with Gasteiger partial charge in [-0.25, -0.2) is 4.39 Å². The lowest BCUT2D eigenvalue weighted by molar-refractivity contribution is -0.161. The number of amides is 1. The van der Waals surface area contributed by atoms with Crippen LogP contribution in [0.3, 0.4) is 0 Å². The van der Waals surface area contributed by atoms with Gasteiger partial charge in [0.25, 0.3) is 0 Å². The Hall–Kier alpha value is -2.70. The number of carbonyl (C=O) groups excluding carboxylic acids is 2. The van der Waals surface area contributed by atoms with Gasteiger partial charge in [0.05, 0.1) is 12.0 Å². The van der Waals surface area contributed by atoms with Gasteiger partial charge in [-0.2, -0.15) is 0 Å². The van der Waals surface area contributed by atoms with Crippen molar-refractivity contribution in [3.63, 3.8) is 0 Å². The Bertz CT molecular complexity index is 943. The maximum atomic E-state index is 14.1. The highest BCUT2D eigenvalue weighted by Crippen LogP contribution is 2.42. The summed E-state index contributed by atoms with van der Waals surface area (Å²) >= 11 is 0. The Morgan fingerprint density at radius 1 is 1.37 bits per heavy atom. The third-order valence-electron chi connectivity index (χ3n) is 6.25. The van der Waals surface area contributed by atoms with E-state index in [-0.39, 0.29) is 36.6 Å². The number of likely N-dealkylation sites (tertiary alicyclic amines) is 1. The number of piperidine rings is 1. The second-order valence-electron chi connectivity index (χ2n) is 8.52. The van der Waals surface area contributed by atoms with Crippen LogP contribution in [-0.4, -0.2) is 41.6 Å². The average Bonchev–Trinajstić information content (AvgIpc) is 3.29. The normalized spacial score (nSPS) is 25.8. The lowest BCUT2D eigenvalue weighted by Gasteiger charge is -2.40. The molecule has 2 heterocycles. The Morgan fingerprint density at radius 2 is 2.13 bits per heavy atom. The molecule has 1 aliphatic carbocycles. The van der Waals surface area contributed by atoms with Crippen LogP contribution in [0.4, 0.5) is 4.39 Å². The fraction of sp³-hybridized carbons (Fsp3) is 0.522. The molecule has 6 nitrogen and oxygen atoms in total. The molecule has 0 bridgehead atoms. The Morgan fingerprint density at radius 3 is 2.83 bits per heavy atom. The van der Waals surface area contributed by atoms with Crippen LogP contribution in [0.2, 0.25) is 0 Å². The van der Waals surface area contributed by atoms with E-state index in [0.29, 0.717) is 42.4 Å². The van der Waals surface area contributed by atoms with Gasteiger partial charge in [0.1, 0.15) is 17.3 Å². The van der Waals surface area contributed by atoms with Gasteiger partial charge >= 0.3 is 5.97 Å². The predicted octanol–water partition coefficient (Wildman–Crippen LogP) is 3.85. The summed E-state index contributed by atoms with van der Waals surface area (Å²) in [4.78, 5) is 27.6. The minimum absolute atomic E-state index is 0.0703. The molecular weight excluding hydrogens is 387 g/mol. The predicted molar refractivity (Wildman–Crippen MR) is 108 cm³/mol. The molecule has 7 heteroatoms. The van der Waals surface area contributed by atoms with Crippen LogP contribution < -0.4 is 0 Å². The molecule has 0 N–H and O–H groups in total. The van der Waals surface area contributed by atoms with E-state index in [4.69, 9.17) is 9.26 Å². The van der Waals surface area contributed by atoms with Crippen LogP contribution in [0.25, 0.3) is 11.3 Å². The molecule has 3 atom stereocenters. The van der Waals surface area contributed by atoms with E-state index >= 15 is 0 Å². The number of nitrogens with zero attached hydrogens (tertiary/aromatic N) is 2. The lowest BCUT2D eigenvalue weighted by atomic mass is 9.76. The molecule has 30 heavy (non-hydrogen) atoms. The van der Waals surface area contributed by atoms with Gasteiger partial charge < -0.3 is 14.2 Å². The van der Waals surface area contributed by atoms with E-state index in [2.05, 4.69) is 12.1 Å². The number of hydrogen-bond donors (Lipinski definition) is 0. The van der Waals surface area contributed by atoms with E-state index in [1.54, 1.807) is 31.2 Å². The smallest absolute Gasteiger partial charge is 0.314 e. The number of rotatable bonds is 6. The fourth-order valence-electron chi connectivity index (χ4n) is 4.41. The third-order valence-corrected chi connectivity index (χ3v) is 6.25. The lowest BCUT2D eigenvalue weighted by Crippen LogP contribution is -2.52. The maximum Gasteiger partial charge on any atom is 0.314 e. The number of halogens is 1. The van der Waals surface area contributed by atoms with Crippen molar-refractivity contribution >= 4 is 11.9 Å². The van der Waals surface area contributed by atoms with Crippen molar-refractivity contribution in [2.24, 2.45) is 17.3 Å². The zero-order valence-electron chi connectivity index (χ0n) is 17.4. The molecule has 2 fully saturated rings. The summed E-state index contributed by atoms with van der Waals surface area (Å²) in [7, 11) is 0. The van der Waals surface area contributed by atoms with Gasteiger partial charge in [0.15, 0.2) is 0 Å². The number of carbonyl (C=O) groups is 2. The van der Waals surface area contributed by atoms with Gasteiger partial charge in [0, 0.05) is 37.1 Å². The Balaban J connectivity index is 1.58. The van der Waals surface area contributed by atoms with E-state index in [1.165, 1.54) is 6.07 Å². The van der Waals surface area contributed by atoms with Crippen LogP contribution in [0.1, 0.15) is 38.9 Å². The molecule has 1 saturated carbocycles. The molecule has 160 valence electrons. The van der Waals surface area contributed by atoms with Gasteiger partial charge in [-0.15, -0.1) is 0 Å². The fourth-order valence-corrected chi connectivity index (χ4v) is 4.41. The monoisotopic (exact) mass is 414 g/mol. The zero-order valence-corrected chi connectivity index (χ0v) is 17.4. The van der Waals surface area contributed by atoms with Gasteiger partial charge in [-0.3, -0.25) is 9.59 Å². The van der Waals surface area contributed by atoms with Crippen molar-refractivity contribution < 1.29 is 23.2 Å². The average molecular weight is 414 g/mol. The van der Waals surface area contributed by atoms with Crippen molar-refractivity contribution in [2.75, 3.05) is 19.7 Å². The van der Waals surface area contributed by atoms with Crippen LogP contribution in [0.15, 0.2) is 34.9 Å². The number of aromatic nitrogens is 1. The van der Waals surface area contributed by atoms with Crippen molar-refractivity contribution in [2.45, 2.75) is 39.5 Å². The first-order valence-corrected chi connectivity index (χ1v) is 10.6. The number of ether oxygens (including phenoxy) is 1. The Labute approximate surface area is 175 Å². The first kappa shape index (κ1) is 20.6. The quantitative estimate of drug-likeness (QED) is 0.672. The molecule has 2 aromatic rings. The van der Waals surface area contributed by atoms with Crippen LogP contribution in [0, 0.1) is 23.1 Å². The first-order chi connectivity index (χ1) is 14.4. The molecule has 0 radical (unpaired) electrons. The summed E-state index contributed by atoms with van der Waals surface area (Å²) in [6, 6.07) is 8.02. The molecule has 1 aromatic heterocycles. The Kier molecular flexibility index (Phi) is 5.62. The first-order valence-electron chi connectivity index (χ1n) is 10.6. The largest absolute Gasteiger partial charge is 0.466 e. The highest BCUT2D eigenvalue weighted by Gasteiger charge is 2.49. The SMILES string of the molecule is CCOC(=O)[C@]1(Cc2cc(-c3ccccc3F)no2)CCCN(C(=O)[C@H]2C[C@@H]2C)C1. The summed E-state index contributed by atoms with van der Waals surface area (Å²) in [5.74, 6) is 0.381. The van der Waals surface area contributed by atoms with Crippen molar-refractivity contribution in [3.8, 4) is 11.3 Å². The van der Waals surface area contributed by atoms with Gasteiger partial charge in [-0.1, -0.05) is 24.2 Å². The van der Waals surface area contributed by atoms with E-state index in [9.17, 15) is 14.0 Å². The molecule has 0 unspecified atom stereocenters.